The normalized spacial score (nSPS) is 22.8. The predicted octanol–water partition coefficient (Wildman–Crippen LogP) is 3.48. The molecule has 3 aliphatic heterocycles. The summed E-state index contributed by atoms with van der Waals surface area (Å²) in [5.41, 5.74) is 3.20. The number of piperidine rings is 3. The lowest BCUT2D eigenvalue weighted by Gasteiger charge is -2.49. The average Bonchev–Trinajstić information content (AvgIpc) is 3.32. The molecule has 0 aliphatic carbocycles. The van der Waals surface area contributed by atoms with Crippen LogP contribution in [-0.4, -0.2) is 67.1 Å². The van der Waals surface area contributed by atoms with Gasteiger partial charge >= 0.3 is 0 Å². The van der Waals surface area contributed by atoms with Crippen molar-refractivity contribution in [3.05, 3.63) is 60.3 Å². The van der Waals surface area contributed by atoms with E-state index >= 15 is 0 Å². The first-order chi connectivity index (χ1) is 17.6. The summed E-state index contributed by atoms with van der Waals surface area (Å²) in [6.45, 7) is 2.75. The van der Waals surface area contributed by atoms with E-state index in [0.717, 1.165) is 30.8 Å². The van der Waals surface area contributed by atoms with Gasteiger partial charge in [-0.3, -0.25) is 14.4 Å². The molecule has 4 atom stereocenters. The first-order valence-corrected chi connectivity index (χ1v) is 12.5. The molecule has 1 amide bonds. The number of fused-ring (bicyclic) bond motifs is 3. The standard InChI is InChI=1S/C28H34N4O4/c1-31-25(15-24(30-31)20-9-10-26(34-2)27(14-20)35-3)23-17-32-12-11-19(23)13-21(32)16-29-28(33)18-36-22-7-5-4-6-8-22/h4-10,14-15,19,21,23H,11-13,16-18H2,1-3H3,(H,29,33)/t19-,21+,23-/m0/s1. The van der Waals surface area contributed by atoms with Crippen molar-refractivity contribution in [2.45, 2.75) is 24.8 Å². The molecule has 8 heteroatoms. The van der Waals surface area contributed by atoms with Crippen molar-refractivity contribution >= 4 is 5.91 Å². The van der Waals surface area contributed by atoms with Crippen LogP contribution in [-0.2, 0) is 11.8 Å². The van der Waals surface area contributed by atoms with E-state index in [2.05, 4.69) is 16.3 Å². The molecule has 3 fully saturated rings. The number of carbonyl (C=O) groups is 1. The molecule has 0 spiro atoms. The fraction of sp³-hybridized carbons (Fsp3) is 0.429. The Labute approximate surface area is 212 Å². The smallest absolute Gasteiger partial charge is 0.257 e. The van der Waals surface area contributed by atoms with E-state index in [1.165, 1.54) is 12.1 Å². The van der Waals surface area contributed by atoms with Crippen molar-refractivity contribution in [1.29, 1.82) is 0 Å². The van der Waals surface area contributed by atoms with Crippen molar-refractivity contribution in [2.75, 3.05) is 40.5 Å². The minimum absolute atomic E-state index is 0.0384. The summed E-state index contributed by atoms with van der Waals surface area (Å²) >= 11 is 0. The molecule has 36 heavy (non-hydrogen) atoms. The van der Waals surface area contributed by atoms with Gasteiger partial charge in [0.05, 0.1) is 19.9 Å². The van der Waals surface area contributed by atoms with Gasteiger partial charge in [-0.15, -0.1) is 0 Å². The van der Waals surface area contributed by atoms with Gasteiger partial charge in [-0.1, -0.05) is 18.2 Å². The molecule has 2 aromatic carbocycles. The molecule has 1 aromatic heterocycles. The van der Waals surface area contributed by atoms with Crippen LogP contribution < -0.4 is 19.5 Å². The number of nitrogens with one attached hydrogen (secondary N) is 1. The van der Waals surface area contributed by atoms with Crippen LogP contribution in [0.15, 0.2) is 54.6 Å². The molecular formula is C28H34N4O4. The van der Waals surface area contributed by atoms with Crippen LogP contribution in [0, 0.1) is 5.92 Å². The molecule has 3 aromatic rings. The molecule has 0 radical (unpaired) electrons. The molecule has 4 heterocycles. The van der Waals surface area contributed by atoms with Crippen LogP contribution in [0.2, 0.25) is 0 Å². The average molecular weight is 491 g/mol. The van der Waals surface area contributed by atoms with Gasteiger partial charge in [0.2, 0.25) is 0 Å². The van der Waals surface area contributed by atoms with Gasteiger partial charge in [0.15, 0.2) is 18.1 Å². The lowest BCUT2D eigenvalue weighted by Crippen LogP contribution is -2.56. The van der Waals surface area contributed by atoms with E-state index in [9.17, 15) is 4.79 Å². The van der Waals surface area contributed by atoms with E-state index in [4.69, 9.17) is 19.3 Å². The number of benzene rings is 2. The van der Waals surface area contributed by atoms with E-state index in [1.807, 2.05) is 60.3 Å². The van der Waals surface area contributed by atoms with Gasteiger partial charge in [0.1, 0.15) is 5.75 Å². The zero-order valence-corrected chi connectivity index (χ0v) is 21.1. The number of ether oxygens (including phenoxy) is 3. The third kappa shape index (κ3) is 5.04. The largest absolute Gasteiger partial charge is 0.493 e. The van der Waals surface area contributed by atoms with Crippen molar-refractivity contribution in [3.8, 4) is 28.5 Å². The summed E-state index contributed by atoms with van der Waals surface area (Å²) < 4.78 is 18.4. The maximum absolute atomic E-state index is 12.3. The summed E-state index contributed by atoms with van der Waals surface area (Å²) in [7, 11) is 5.32. The minimum Gasteiger partial charge on any atom is -0.493 e. The second kappa shape index (κ2) is 10.6. The zero-order valence-electron chi connectivity index (χ0n) is 21.1. The summed E-state index contributed by atoms with van der Waals surface area (Å²) in [5.74, 6) is 3.04. The maximum atomic E-state index is 12.3. The number of nitrogens with zero attached hydrogens (tertiary/aromatic N) is 3. The van der Waals surface area contributed by atoms with E-state index in [-0.39, 0.29) is 12.5 Å². The van der Waals surface area contributed by atoms with Crippen LogP contribution in [0.5, 0.6) is 17.2 Å². The summed E-state index contributed by atoms with van der Waals surface area (Å²) in [4.78, 5) is 14.9. The summed E-state index contributed by atoms with van der Waals surface area (Å²) in [5, 5.41) is 7.90. The van der Waals surface area contributed by atoms with Crippen LogP contribution in [0.3, 0.4) is 0 Å². The van der Waals surface area contributed by atoms with Gasteiger partial charge in [0, 0.05) is 43.4 Å². The fourth-order valence-electron chi connectivity index (χ4n) is 5.60. The highest BCUT2D eigenvalue weighted by Gasteiger charge is 2.41. The number of aryl methyl sites for hydroxylation is 1. The molecule has 8 nitrogen and oxygen atoms in total. The van der Waals surface area contributed by atoms with Crippen molar-refractivity contribution in [2.24, 2.45) is 13.0 Å². The highest BCUT2D eigenvalue weighted by molar-refractivity contribution is 5.77. The third-order valence-electron chi connectivity index (χ3n) is 7.50. The summed E-state index contributed by atoms with van der Waals surface area (Å²) in [6.07, 6.45) is 2.24. The number of aromatic nitrogens is 2. The molecule has 3 saturated heterocycles. The quantitative estimate of drug-likeness (QED) is 0.495. The molecular weight excluding hydrogens is 456 g/mol. The minimum atomic E-state index is -0.0794. The SMILES string of the molecule is COc1ccc(-c2cc([C@H]3CN4CC[C@H]3C[C@@H]4CNC(=O)COc3ccccc3)n(C)n2)cc1OC. The number of hydrogen-bond acceptors (Lipinski definition) is 6. The summed E-state index contributed by atoms with van der Waals surface area (Å²) in [6, 6.07) is 17.9. The highest BCUT2D eigenvalue weighted by Crippen LogP contribution is 2.42. The Hall–Kier alpha value is -3.52. The van der Waals surface area contributed by atoms with Crippen LogP contribution in [0.1, 0.15) is 24.5 Å². The van der Waals surface area contributed by atoms with Crippen LogP contribution >= 0.6 is 0 Å². The Kier molecular flexibility index (Phi) is 7.13. The van der Waals surface area contributed by atoms with Crippen molar-refractivity contribution < 1.29 is 19.0 Å². The van der Waals surface area contributed by atoms with Crippen LogP contribution in [0.4, 0.5) is 0 Å². The Bertz CT molecular complexity index is 1200. The molecule has 3 aliphatic rings. The second-order valence-corrected chi connectivity index (χ2v) is 9.59. The van der Waals surface area contributed by atoms with E-state index in [1.54, 1.807) is 14.2 Å². The van der Waals surface area contributed by atoms with Gasteiger partial charge in [-0.05, 0) is 61.7 Å². The first-order valence-electron chi connectivity index (χ1n) is 12.5. The Morgan fingerprint density at radius 2 is 1.89 bits per heavy atom. The molecule has 1 N–H and O–H groups in total. The molecule has 6 rings (SSSR count). The third-order valence-corrected chi connectivity index (χ3v) is 7.50. The number of rotatable bonds is 9. The number of para-hydroxylation sites is 1. The Balaban J connectivity index is 1.20. The second-order valence-electron chi connectivity index (χ2n) is 9.59. The van der Waals surface area contributed by atoms with Gasteiger partial charge in [-0.2, -0.15) is 5.10 Å². The van der Waals surface area contributed by atoms with E-state index < -0.39 is 0 Å². The van der Waals surface area contributed by atoms with Crippen LogP contribution in [0.25, 0.3) is 11.3 Å². The first kappa shape index (κ1) is 24.2. The molecule has 0 saturated carbocycles. The lowest BCUT2D eigenvalue weighted by molar-refractivity contribution is -0.123. The number of hydrogen-bond donors (Lipinski definition) is 1. The van der Waals surface area contributed by atoms with E-state index in [0.29, 0.717) is 41.7 Å². The monoisotopic (exact) mass is 490 g/mol. The molecule has 1 unspecified atom stereocenters. The van der Waals surface area contributed by atoms with Gasteiger partial charge < -0.3 is 19.5 Å². The van der Waals surface area contributed by atoms with Gasteiger partial charge in [-0.25, -0.2) is 0 Å². The lowest BCUT2D eigenvalue weighted by atomic mass is 9.74. The molecule has 2 bridgehead atoms. The topological polar surface area (TPSA) is 77.9 Å². The Morgan fingerprint density at radius 3 is 2.61 bits per heavy atom. The maximum Gasteiger partial charge on any atom is 0.257 e. The van der Waals surface area contributed by atoms with Gasteiger partial charge in [0.25, 0.3) is 5.91 Å². The zero-order chi connectivity index (χ0) is 25.1. The molecule has 190 valence electrons. The number of carbonyl (C=O) groups excluding carboxylic acids is 1. The number of methoxy groups -OCH3 is 2. The fourth-order valence-corrected chi connectivity index (χ4v) is 5.60. The highest BCUT2D eigenvalue weighted by atomic mass is 16.5. The van der Waals surface area contributed by atoms with Crippen molar-refractivity contribution in [3.63, 3.8) is 0 Å². The predicted molar refractivity (Wildman–Crippen MR) is 138 cm³/mol. The number of amides is 1. The van der Waals surface area contributed by atoms with Crippen molar-refractivity contribution in [1.82, 2.24) is 20.0 Å². The Morgan fingerprint density at radius 1 is 1.08 bits per heavy atom.